The summed E-state index contributed by atoms with van der Waals surface area (Å²) in [5.74, 6) is 2.04. The van der Waals surface area contributed by atoms with Crippen molar-refractivity contribution in [3.05, 3.63) is 58.1 Å². The van der Waals surface area contributed by atoms with E-state index in [1.54, 1.807) is 7.11 Å². The molecule has 2 aromatic carbocycles. The molecule has 0 radical (unpaired) electrons. The minimum absolute atomic E-state index is 0.417. The first-order valence-corrected chi connectivity index (χ1v) is 7.16. The third-order valence-corrected chi connectivity index (χ3v) is 3.52. The highest BCUT2D eigenvalue weighted by atomic mass is 79.9. The molecule has 100 valence electrons. The molecule has 0 aromatic heterocycles. The molecule has 2 rings (SSSR count). The number of methoxy groups -OCH3 is 1. The van der Waals surface area contributed by atoms with Gasteiger partial charge >= 0.3 is 0 Å². The molecule has 0 amide bonds. The average Bonchev–Trinajstić information content (AvgIpc) is 2.46. The van der Waals surface area contributed by atoms with Gasteiger partial charge in [0.15, 0.2) is 0 Å². The van der Waals surface area contributed by atoms with E-state index in [0.717, 1.165) is 27.1 Å². The molecule has 0 fully saturated rings. The molecule has 0 aliphatic heterocycles. The second kappa shape index (κ2) is 6.83. The van der Waals surface area contributed by atoms with E-state index in [1.807, 2.05) is 42.5 Å². The zero-order valence-corrected chi connectivity index (χ0v) is 12.9. The maximum absolute atomic E-state index is 5.92. The number of hydrogen-bond acceptors (Lipinski definition) is 2. The molecule has 2 aromatic rings. The first-order chi connectivity index (χ1) is 9.24. The summed E-state index contributed by atoms with van der Waals surface area (Å²) in [5.41, 5.74) is 1.97. The summed E-state index contributed by atoms with van der Waals surface area (Å²) >= 11 is 9.34. The molecule has 0 N–H and O–H groups in total. The Hall–Kier alpha value is -1.19. The van der Waals surface area contributed by atoms with Gasteiger partial charge in [0.2, 0.25) is 0 Å². The Morgan fingerprint density at radius 1 is 1.05 bits per heavy atom. The van der Waals surface area contributed by atoms with E-state index in [-0.39, 0.29) is 0 Å². The summed E-state index contributed by atoms with van der Waals surface area (Å²) < 4.78 is 12.1. The molecule has 0 heterocycles. The Kier molecular flexibility index (Phi) is 5.11. The van der Waals surface area contributed by atoms with Crippen LogP contribution in [0.4, 0.5) is 0 Å². The molecular formula is C15H14BrClO2. The maximum Gasteiger partial charge on any atom is 0.125 e. The van der Waals surface area contributed by atoms with Crippen LogP contribution in [0.25, 0.3) is 0 Å². The second-order valence-corrected chi connectivity index (χ2v) is 5.17. The fourth-order valence-electron chi connectivity index (χ4n) is 1.77. The first-order valence-electron chi connectivity index (χ1n) is 5.83. The van der Waals surface area contributed by atoms with Crippen LogP contribution in [0.2, 0.25) is 0 Å². The van der Waals surface area contributed by atoms with Crippen molar-refractivity contribution < 1.29 is 9.47 Å². The monoisotopic (exact) mass is 340 g/mol. The molecule has 0 saturated carbocycles. The van der Waals surface area contributed by atoms with Gasteiger partial charge in [-0.15, -0.1) is 11.6 Å². The van der Waals surface area contributed by atoms with Crippen molar-refractivity contribution in [2.45, 2.75) is 12.5 Å². The lowest BCUT2D eigenvalue weighted by Gasteiger charge is -2.12. The highest BCUT2D eigenvalue weighted by molar-refractivity contribution is 9.10. The standard InChI is InChI=1S/C15H14BrClO2/c1-18-14-5-3-2-4-11(14)10-19-15-7-6-13(16)8-12(15)9-17/h2-8H,9-10H2,1H3. The first kappa shape index (κ1) is 14.2. The number of alkyl halides is 1. The SMILES string of the molecule is COc1ccccc1COc1ccc(Br)cc1CCl. The molecule has 0 aliphatic rings. The normalized spacial score (nSPS) is 10.3. The molecular weight excluding hydrogens is 328 g/mol. The van der Waals surface area contributed by atoms with Crippen molar-refractivity contribution >= 4 is 27.5 Å². The Morgan fingerprint density at radius 2 is 1.84 bits per heavy atom. The number of ether oxygens (including phenoxy) is 2. The molecule has 0 aliphatic carbocycles. The van der Waals surface area contributed by atoms with E-state index >= 15 is 0 Å². The van der Waals surface area contributed by atoms with Gasteiger partial charge < -0.3 is 9.47 Å². The van der Waals surface area contributed by atoms with Gasteiger partial charge in [-0.2, -0.15) is 0 Å². The van der Waals surface area contributed by atoms with Crippen molar-refractivity contribution in [2.24, 2.45) is 0 Å². The second-order valence-electron chi connectivity index (χ2n) is 3.99. The minimum Gasteiger partial charge on any atom is -0.496 e. The fourth-order valence-corrected chi connectivity index (χ4v) is 2.39. The lowest BCUT2D eigenvalue weighted by atomic mass is 10.2. The average molecular weight is 342 g/mol. The largest absolute Gasteiger partial charge is 0.496 e. The Balaban J connectivity index is 2.14. The number of hydrogen-bond donors (Lipinski definition) is 0. The van der Waals surface area contributed by atoms with Gasteiger partial charge in [0.25, 0.3) is 0 Å². The van der Waals surface area contributed by atoms with E-state index in [0.29, 0.717) is 12.5 Å². The summed E-state index contributed by atoms with van der Waals surface area (Å²) in [6.45, 7) is 0.454. The minimum atomic E-state index is 0.417. The molecule has 0 bridgehead atoms. The summed E-state index contributed by atoms with van der Waals surface area (Å²) in [4.78, 5) is 0. The summed E-state index contributed by atoms with van der Waals surface area (Å²) in [5, 5.41) is 0. The van der Waals surface area contributed by atoms with Crippen LogP contribution in [0.1, 0.15) is 11.1 Å². The van der Waals surface area contributed by atoms with Crippen LogP contribution in [0, 0.1) is 0 Å². The van der Waals surface area contributed by atoms with Crippen molar-refractivity contribution in [3.63, 3.8) is 0 Å². The third-order valence-electron chi connectivity index (χ3n) is 2.74. The third kappa shape index (κ3) is 3.64. The van der Waals surface area contributed by atoms with Crippen molar-refractivity contribution in [1.29, 1.82) is 0 Å². The number of rotatable bonds is 5. The van der Waals surface area contributed by atoms with Crippen LogP contribution in [0.15, 0.2) is 46.9 Å². The molecule has 2 nitrogen and oxygen atoms in total. The zero-order valence-electron chi connectivity index (χ0n) is 10.5. The summed E-state index contributed by atoms with van der Waals surface area (Å²) in [6, 6.07) is 13.6. The molecule has 0 saturated heterocycles. The maximum atomic E-state index is 5.92. The van der Waals surface area contributed by atoms with E-state index in [9.17, 15) is 0 Å². The predicted octanol–water partition coefficient (Wildman–Crippen LogP) is 4.78. The smallest absolute Gasteiger partial charge is 0.125 e. The highest BCUT2D eigenvalue weighted by Gasteiger charge is 2.06. The van der Waals surface area contributed by atoms with E-state index < -0.39 is 0 Å². The van der Waals surface area contributed by atoms with Crippen LogP contribution in [-0.4, -0.2) is 7.11 Å². The van der Waals surface area contributed by atoms with Crippen molar-refractivity contribution in [3.8, 4) is 11.5 Å². The lowest BCUT2D eigenvalue weighted by Crippen LogP contribution is -2.00. The number of halogens is 2. The predicted molar refractivity (Wildman–Crippen MR) is 81.0 cm³/mol. The van der Waals surface area contributed by atoms with Crippen LogP contribution in [0.5, 0.6) is 11.5 Å². The Labute approximate surface area is 126 Å². The van der Waals surface area contributed by atoms with Crippen molar-refractivity contribution in [1.82, 2.24) is 0 Å². The van der Waals surface area contributed by atoms with Gasteiger partial charge in [0.05, 0.1) is 13.0 Å². The molecule has 4 heteroatoms. The number of para-hydroxylation sites is 1. The van der Waals surface area contributed by atoms with Crippen molar-refractivity contribution in [2.75, 3.05) is 7.11 Å². The molecule has 0 unspecified atom stereocenters. The zero-order chi connectivity index (χ0) is 13.7. The van der Waals surface area contributed by atoms with E-state index in [2.05, 4.69) is 15.9 Å². The quantitative estimate of drug-likeness (QED) is 0.729. The lowest BCUT2D eigenvalue weighted by molar-refractivity contribution is 0.294. The Morgan fingerprint density at radius 3 is 2.58 bits per heavy atom. The fraction of sp³-hybridized carbons (Fsp3) is 0.200. The van der Waals surface area contributed by atoms with Gasteiger partial charge in [-0.1, -0.05) is 34.1 Å². The van der Waals surface area contributed by atoms with Crippen LogP contribution in [-0.2, 0) is 12.5 Å². The van der Waals surface area contributed by atoms with Gasteiger partial charge in [-0.3, -0.25) is 0 Å². The van der Waals surface area contributed by atoms with Crippen LogP contribution < -0.4 is 9.47 Å². The molecule has 0 spiro atoms. The summed E-state index contributed by atoms with van der Waals surface area (Å²) in [6.07, 6.45) is 0. The van der Waals surface area contributed by atoms with E-state index in [4.69, 9.17) is 21.1 Å². The van der Waals surface area contributed by atoms with Crippen LogP contribution >= 0.6 is 27.5 Å². The topological polar surface area (TPSA) is 18.5 Å². The van der Waals surface area contributed by atoms with E-state index in [1.165, 1.54) is 0 Å². The molecule has 0 atom stereocenters. The van der Waals surface area contributed by atoms with Gasteiger partial charge in [0.1, 0.15) is 18.1 Å². The molecule has 19 heavy (non-hydrogen) atoms. The van der Waals surface area contributed by atoms with Gasteiger partial charge in [0, 0.05) is 15.6 Å². The highest BCUT2D eigenvalue weighted by Crippen LogP contribution is 2.26. The number of benzene rings is 2. The summed E-state index contributed by atoms with van der Waals surface area (Å²) in [7, 11) is 1.66. The van der Waals surface area contributed by atoms with Crippen LogP contribution in [0.3, 0.4) is 0 Å². The Bertz CT molecular complexity index is 558. The van der Waals surface area contributed by atoms with Gasteiger partial charge in [-0.25, -0.2) is 0 Å². The van der Waals surface area contributed by atoms with Gasteiger partial charge in [-0.05, 0) is 24.3 Å².